The fraction of sp³-hybridized carbons (Fsp3) is 0.222. The van der Waals surface area contributed by atoms with Gasteiger partial charge in [-0.05, 0) is 18.6 Å². The molecule has 1 N–H and O–H groups in total. The highest BCUT2D eigenvalue weighted by atomic mass is 32.1. The normalized spacial score (nSPS) is 10.5. The maximum Gasteiger partial charge on any atom is 0.352 e. The molecule has 0 unspecified atom stereocenters. The van der Waals surface area contributed by atoms with Gasteiger partial charge in [0.2, 0.25) is 0 Å². The lowest BCUT2D eigenvalue weighted by molar-refractivity contribution is 0.0685. The number of aromatic nitrogens is 3. The Labute approximate surface area is 90.3 Å². The minimum absolute atomic E-state index is 0.308. The van der Waals surface area contributed by atoms with Gasteiger partial charge >= 0.3 is 5.97 Å². The lowest BCUT2D eigenvalue weighted by Crippen LogP contribution is -2.10. The molecule has 0 aliphatic rings. The van der Waals surface area contributed by atoms with Gasteiger partial charge in [0.1, 0.15) is 5.69 Å². The number of carbonyl (C=O) groups is 1. The first-order chi connectivity index (χ1) is 7.18. The van der Waals surface area contributed by atoms with Gasteiger partial charge in [0.05, 0.1) is 30.2 Å². The van der Waals surface area contributed by atoms with Crippen LogP contribution in [0.25, 0.3) is 0 Å². The molecule has 2 rings (SSSR count). The van der Waals surface area contributed by atoms with Gasteiger partial charge in [0, 0.05) is 6.20 Å². The molecule has 6 heteroatoms. The van der Waals surface area contributed by atoms with Crippen molar-refractivity contribution in [3.05, 3.63) is 35.4 Å². The third-order valence-electron chi connectivity index (χ3n) is 2.11. The van der Waals surface area contributed by atoms with Gasteiger partial charge in [0.15, 0.2) is 0 Å². The molecular weight excluding hydrogens is 214 g/mol. The second kappa shape index (κ2) is 3.82. The van der Waals surface area contributed by atoms with Gasteiger partial charge in [-0.2, -0.15) is 8.75 Å². The zero-order valence-corrected chi connectivity index (χ0v) is 8.86. The van der Waals surface area contributed by atoms with E-state index in [2.05, 4.69) is 8.75 Å². The zero-order chi connectivity index (χ0) is 10.8. The van der Waals surface area contributed by atoms with Crippen LogP contribution in [0.5, 0.6) is 0 Å². The molecule has 0 saturated carbocycles. The van der Waals surface area contributed by atoms with Gasteiger partial charge in [-0.3, -0.25) is 0 Å². The quantitative estimate of drug-likeness (QED) is 0.853. The van der Waals surface area contributed by atoms with Crippen molar-refractivity contribution in [2.24, 2.45) is 0 Å². The molecule has 0 fully saturated rings. The average molecular weight is 223 g/mol. The van der Waals surface area contributed by atoms with E-state index in [1.54, 1.807) is 30.0 Å². The monoisotopic (exact) mass is 223 g/mol. The van der Waals surface area contributed by atoms with Crippen molar-refractivity contribution in [1.29, 1.82) is 0 Å². The fourth-order valence-electron chi connectivity index (χ4n) is 1.43. The van der Waals surface area contributed by atoms with Crippen LogP contribution in [0, 0.1) is 6.92 Å². The lowest BCUT2D eigenvalue weighted by Gasteiger charge is -2.03. The van der Waals surface area contributed by atoms with E-state index in [9.17, 15) is 4.79 Å². The molecule has 2 aromatic heterocycles. The third-order valence-corrected chi connectivity index (χ3v) is 2.62. The number of rotatable bonds is 3. The number of aromatic carboxylic acids is 1. The van der Waals surface area contributed by atoms with Gasteiger partial charge in [0.25, 0.3) is 0 Å². The summed E-state index contributed by atoms with van der Waals surface area (Å²) in [5, 5.41) is 9.01. The van der Waals surface area contributed by atoms with Crippen LogP contribution in [0.15, 0.2) is 18.5 Å². The molecule has 0 saturated heterocycles. The topological polar surface area (TPSA) is 68.0 Å². The molecule has 15 heavy (non-hydrogen) atoms. The van der Waals surface area contributed by atoms with Gasteiger partial charge in [-0.1, -0.05) is 0 Å². The number of aryl methyl sites for hydroxylation is 1. The smallest absolute Gasteiger partial charge is 0.352 e. The number of hydrogen-bond donors (Lipinski definition) is 1. The Hall–Kier alpha value is -1.69. The Balaban J connectivity index is 2.33. The Morgan fingerprint density at radius 1 is 1.67 bits per heavy atom. The van der Waals surface area contributed by atoms with Crippen molar-refractivity contribution in [2.75, 3.05) is 0 Å². The summed E-state index contributed by atoms with van der Waals surface area (Å²) in [4.78, 5) is 11.0. The number of carboxylic acids is 1. The standard InChI is InChI=1S/C9H9N3O2S/c1-6-2-3-12(8(6)9(13)14)5-7-4-10-15-11-7/h2-4H,5H2,1H3,(H,13,14). The maximum atomic E-state index is 11.0. The van der Waals surface area contributed by atoms with E-state index in [0.29, 0.717) is 12.2 Å². The Bertz CT molecular complexity index is 476. The molecule has 2 heterocycles. The molecule has 2 aromatic rings. The van der Waals surface area contributed by atoms with Crippen LogP contribution < -0.4 is 0 Å². The summed E-state index contributed by atoms with van der Waals surface area (Å²) in [5.41, 5.74) is 1.84. The first-order valence-corrected chi connectivity index (χ1v) is 5.07. The molecule has 0 radical (unpaired) electrons. The van der Waals surface area contributed by atoms with Gasteiger partial charge in [-0.25, -0.2) is 4.79 Å². The van der Waals surface area contributed by atoms with E-state index in [0.717, 1.165) is 23.0 Å². The highest BCUT2D eigenvalue weighted by molar-refractivity contribution is 6.99. The van der Waals surface area contributed by atoms with Crippen molar-refractivity contribution in [3.63, 3.8) is 0 Å². The predicted molar refractivity (Wildman–Crippen MR) is 55.1 cm³/mol. The second-order valence-electron chi connectivity index (χ2n) is 3.18. The van der Waals surface area contributed by atoms with Crippen molar-refractivity contribution in [3.8, 4) is 0 Å². The number of carboxylic acid groups (broad SMARTS) is 1. The minimum atomic E-state index is -0.916. The Morgan fingerprint density at radius 3 is 3.07 bits per heavy atom. The predicted octanol–water partition coefficient (Wildman–Crippen LogP) is 1.39. The fourth-order valence-corrected chi connectivity index (χ4v) is 1.86. The van der Waals surface area contributed by atoms with Gasteiger partial charge < -0.3 is 9.67 Å². The van der Waals surface area contributed by atoms with E-state index < -0.39 is 5.97 Å². The van der Waals surface area contributed by atoms with Crippen molar-refractivity contribution >= 4 is 17.7 Å². The van der Waals surface area contributed by atoms with Crippen LogP contribution >= 0.6 is 11.7 Å². The summed E-state index contributed by atoms with van der Waals surface area (Å²) in [7, 11) is 0. The maximum absolute atomic E-state index is 11.0. The van der Waals surface area contributed by atoms with Crippen LogP contribution in [0.3, 0.4) is 0 Å². The summed E-state index contributed by atoms with van der Waals surface area (Å²) in [6.07, 6.45) is 3.39. The molecule has 0 atom stereocenters. The molecule has 0 aliphatic heterocycles. The first-order valence-electron chi connectivity index (χ1n) is 4.34. The largest absolute Gasteiger partial charge is 0.477 e. The summed E-state index contributed by atoms with van der Waals surface area (Å²) in [5.74, 6) is -0.916. The van der Waals surface area contributed by atoms with Crippen LogP contribution in [0.1, 0.15) is 21.7 Å². The van der Waals surface area contributed by atoms with Gasteiger partial charge in [-0.15, -0.1) is 0 Å². The van der Waals surface area contributed by atoms with Crippen LogP contribution in [0.4, 0.5) is 0 Å². The molecule has 0 amide bonds. The molecular formula is C9H9N3O2S. The number of nitrogens with zero attached hydrogens (tertiary/aromatic N) is 3. The summed E-state index contributed by atoms with van der Waals surface area (Å²) in [6.45, 7) is 2.23. The van der Waals surface area contributed by atoms with E-state index >= 15 is 0 Å². The second-order valence-corrected chi connectivity index (χ2v) is 3.74. The average Bonchev–Trinajstić information content (AvgIpc) is 2.76. The Morgan fingerprint density at radius 2 is 2.47 bits per heavy atom. The molecule has 0 bridgehead atoms. The number of hydrogen-bond acceptors (Lipinski definition) is 4. The molecule has 0 aromatic carbocycles. The summed E-state index contributed by atoms with van der Waals surface area (Å²) in [6, 6.07) is 1.78. The molecule has 78 valence electrons. The van der Waals surface area contributed by atoms with Crippen molar-refractivity contribution < 1.29 is 9.90 Å². The van der Waals surface area contributed by atoms with Crippen molar-refractivity contribution in [2.45, 2.75) is 13.5 Å². The highest BCUT2D eigenvalue weighted by Crippen LogP contribution is 2.11. The van der Waals surface area contributed by atoms with E-state index in [1.165, 1.54) is 0 Å². The lowest BCUT2D eigenvalue weighted by atomic mass is 10.3. The Kier molecular flexibility index (Phi) is 2.51. The molecule has 5 nitrogen and oxygen atoms in total. The van der Waals surface area contributed by atoms with Crippen LogP contribution in [-0.4, -0.2) is 24.4 Å². The molecule has 0 spiro atoms. The van der Waals surface area contributed by atoms with E-state index in [-0.39, 0.29) is 0 Å². The van der Waals surface area contributed by atoms with Crippen molar-refractivity contribution in [1.82, 2.24) is 13.3 Å². The highest BCUT2D eigenvalue weighted by Gasteiger charge is 2.13. The first kappa shape index (κ1) is 9.85. The molecule has 0 aliphatic carbocycles. The summed E-state index contributed by atoms with van der Waals surface area (Å²) < 4.78 is 9.57. The SMILES string of the molecule is Cc1ccn(Cc2cnsn2)c1C(=O)O. The van der Waals surface area contributed by atoms with E-state index in [1.807, 2.05) is 0 Å². The van der Waals surface area contributed by atoms with Crippen LogP contribution in [-0.2, 0) is 6.54 Å². The van der Waals surface area contributed by atoms with Crippen LogP contribution in [0.2, 0.25) is 0 Å². The summed E-state index contributed by atoms with van der Waals surface area (Å²) >= 11 is 1.12. The zero-order valence-electron chi connectivity index (χ0n) is 8.04. The van der Waals surface area contributed by atoms with E-state index in [4.69, 9.17) is 5.11 Å². The third kappa shape index (κ3) is 1.89. The minimum Gasteiger partial charge on any atom is -0.477 e.